The van der Waals surface area contributed by atoms with Gasteiger partial charge in [0.05, 0.1) is 11.3 Å². The lowest BCUT2D eigenvalue weighted by Crippen LogP contribution is -2.30. The summed E-state index contributed by atoms with van der Waals surface area (Å²) in [4.78, 5) is 8.16. The first-order valence-corrected chi connectivity index (χ1v) is 5.64. The monoisotopic (exact) mass is 240 g/mol. The minimum atomic E-state index is -0.585. The van der Waals surface area contributed by atoms with E-state index in [2.05, 4.69) is 25.3 Å². The summed E-state index contributed by atoms with van der Waals surface area (Å²) in [5.74, 6) is 1.56. The number of aromatic nitrogens is 5. The van der Waals surface area contributed by atoms with Gasteiger partial charge in [0.25, 0.3) is 0 Å². The highest BCUT2D eigenvalue weighted by molar-refractivity contribution is 7.98. The Balaban J connectivity index is 1.98. The van der Waals surface area contributed by atoms with Gasteiger partial charge in [0.1, 0.15) is 6.33 Å². The Hall–Kier alpha value is -1.41. The number of rotatable bonds is 4. The third kappa shape index (κ3) is 2.58. The van der Waals surface area contributed by atoms with Gasteiger partial charge in [-0.2, -0.15) is 10.1 Å². The van der Waals surface area contributed by atoms with E-state index in [1.807, 2.05) is 13.8 Å². The molecule has 3 N–H and O–H groups in total. The predicted molar refractivity (Wildman–Crippen MR) is 57.5 cm³/mol. The van der Waals surface area contributed by atoms with Crippen LogP contribution in [0.25, 0.3) is 0 Å². The summed E-state index contributed by atoms with van der Waals surface area (Å²) in [5, 5.41) is 11.0. The number of aromatic amines is 1. The maximum atomic E-state index is 5.84. The molecular weight excluding hydrogens is 228 g/mol. The lowest BCUT2D eigenvalue weighted by Gasteiger charge is -2.11. The van der Waals surface area contributed by atoms with Crippen LogP contribution in [0, 0.1) is 0 Å². The van der Waals surface area contributed by atoms with Crippen molar-refractivity contribution in [2.75, 3.05) is 0 Å². The van der Waals surface area contributed by atoms with Crippen molar-refractivity contribution in [3.05, 3.63) is 18.0 Å². The SMILES string of the molecule is CC(C)(N)c1noc(CSc2ncn[nH]2)n1. The summed E-state index contributed by atoms with van der Waals surface area (Å²) >= 11 is 1.44. The van der Waals surface area contributed by atoms with Gasteiger partial charge in [-0.25, -0.2) is 4.98 Å². The summed E-state index contributed by atoms with van der Waals surface area (Å²) in [5.41, 5.74) is 5.26. The van der Waals surface area contributed by atoms with E-state index in [0.717, 1.165) is 0 Å². The zero-order chi connectivity index (χ0) is 11.6. The second kappa shape index (κ2) is 4.22. The molecule has 86 valence electrons. The number of hydrogen-bond acceptors (Lipinski definition) is 7. The minimum Gasteiger partial charge on any atom is -0.338 e. The van der Waals surface area contributed by atoms with Crippen molar-refractivity contribution in [1.82, 2.24) is 25.3 Å². The van der Waals surface area contributed by atoms with Crippen LogP contribution in [-0.4, -0.2) is 25.3 Å². The van der Waals surface area contributed by atoms with Gasteiger partial charge in [0.2, 0.25) is 5.89 Å². The molecule has 0 atom stereocenters. The first-order chi connectivity index (χ1) is 7.55. The molecule has 0 bridgehead atoms. The van der Waals surface area contributed by atoms with Gasteiger partial charge in [-0.05, 0) is 13.8 Å². The average Bonchev–Trinajstić information content (AvgIpc) is 2.85. The van der Waals surface area contributed by atoms with Gasteiger partial charge in [0, 0.05) is 0 Å². The van der Waals surface area contributed by atoms with E-state index in [4.69, 9.17) is 10.3 Å². The summed E-state index contributed by atoms with van der Waals surface area (Å²) in [6.45, 7) is 3.65. The van der Waals surface area contributed by atoms with Crippen molar-refractivity contribution in [3.63, 3.8) is 0 Å². The van der Waals surface area contributed by atoms with Crippen LogP contribution in [0.1, 0.15) is 25.6 Å². The molecule has 8 heteroatoms. The van der Waals surface area contributed by atoms with Crippen molar-refractivity contribution < 1.29 is 4.52 Å². The van der Waals surface area contributed by atoms with E-state index in [9.17, 15) is 0 Å². The average molecular weight is 240 g/mol. The standard InChI is InChI=1S/C8H12N6OS/c1-8(2,9)6-12-5(15-14-6)3-16-7-10-4-11-13-7/h4H,3,9H2,1-2H3,(H,10,11,13). The molecule has 0 saturated carbocycles. The number of hydrogen-bond donors (Lipinski definition) is 2. The van der Waals surface area contributed by atoms with Crippen molar-refractivity contribution in [2.24, 2.45) is 5.73 Å². The van der Waals surface area contributed by atoms with Crippen molar-refractivity contribution in [3.8, 4) is 0 Å². The van der Waals surface area contributed by atoms with Crippen molar-refractivity contribution >= 4 is 11.8 Å². The summed E-state index contributed by atoms with van der Waals surface area (Å²) in [6, 6.07) is 0. The first-order valence-electron chi connectivity index (χ1n) is 4.66. The van der Waals surface area contributed by atoms with E-state index in [0.29, 0.717) is 22.6 Å². The molecule has 0 aromatic carbocycles. The molecule has 0 aliphatic heterocycles. The fraction of sp³-hybridized carbons (Fsp3) is 0.500. The van der Waals surface area contributed by atoms with Gasteiger partial charge in [0.15, 0.2) is 11.0 Å². The van der Waals surface area contributed by atoms with Crippen molar-refractivity contribution in [2.45, 2.75) is 30.3 Å². The number of nitrogens with zero attached hydrogens (tertiary/aromatic N) is 4. The number of thioether (sulfide) groups is 1. The lowest BCUT2D eigenvalue weighted by atomic mass is 10.1. The molecular formula is C8H12N6OS. The van der Waals surface area contributed by atoms with E-state index >= 15 is 0 Å². The maximum absolute atomic E-state index is 5.84. The lowest BCUT2D eigenvalue weighted by molar-refractivity contribution is 0.369. The van der Waals surface area contributed by atoms with Crippen LogP contribution in [0.5, 0.6) is 0 Å². The van der Waals surface area contributed by atoms with Gasteiger partial charge < -0.3 is 10.3 Å². The summed E-state index contributed by atoms with van der Waals surface area (Å²) < 4.78 is 5.07. The van der Waals surface area contributed by atoms with Crippen LogP contribution in [0.3, 0.4) is 0 Å². The highest BCUT2D eigenvalue weighted by Crippen LogP contribution is 2.19. The molecule has 0 spiro atoms. The van der Waals surface area contributed by atoms with Gasteiger partial charge in [-0.15, -0.1) is 0 Å². The van der Waals surface area contributed by atoms with Crippen LogP contribution in [0.4, 0.5) is 0 Å². The molecule has 0 aliphatic rings. The number of nitrogens with one attached hydrogen (secondary N) is 1. The van der Waals surface area contributed by atoms with Crippen LogP contribution in [0.2, 0.25) is 0 Å². The number of H-pyrrole nitrogens is 1. The quantitative estimate of drug-likeness (QED) is 0.756. The molecule has 2 heterocycles. The van der Waals surface area contributed by atoms with E-state index in [1.165, 1.54) is 18.1 Å². The molecule has 2 aromatic rings. The fourth-order valence-electron chi connectivity index (χ4n) is 0.969. The topological polar surface area (TPSA) is 107 Å². The second-order valence-corrected chi connectivity index (χ2v) is 4.78. The Morgan fingerprint density at radius 1 is 1.56 bits per heavy atom. The van der Waals surface area contributed by atoms with E-state index < -0.39 is 5.54 Å². The normalized spacial score (nSPS) is 11.9. The maximum Gasteiger partial charge on any atom is 0.237 e. The third-order valence-electron chi connectivity index (χ3n) is 1.77. The summed E-state index contributed by atoms with van der Waals surface area (Å²) in [7, 11) is 0. The van der Waals surface area contributed by atoms with Crippen LogP contribution in [-0.2, 0) is 11.3 Å². The third-order valence-corrected chi connectivity index (χ3v) is 2.63. The van der Waals surface area contributed by atoms with Gasteiger partial charge in [-0.3, -0.25) is 5.10 Å². The Morgan fingerprint density at radius 2 is 2.38 bits per heavy atom. The molecule has 0 radical (unpaired) electrons. The summed E-state index contributed by atoms with van der Waals surface area (Å²) in [6.07, 6.45) is 1.45. The predicted octanol–water partition coefficient (Wildman–Crippen LogP) is 0.674. The molecule has 2 aromatic heterocycles. The smallest absolute Gasteiger partial charge is 0.237 e. The Morgan fingerprint density at radius 3 is 2.94 bits per heavy atom. The second-order valence-electron chi connectivity index (χ2n) is 3.81. The largest absolute Gasteiger partial charge is 0.338 e. The molecule has 2 rings (SSSR count). The van der Waals surface area contributed by atoms with Gasteiger partial charge >= 0.3 is 0 Å². The molecule has 7 nitrogen and oxygen atoms in total. The molecule has 0 fully saturated rings. The van der Waals surface area contributed by atoms with Crippen LogP contribution < -0.4 is 5.73 Å². The number of nitrogens with two attached hydrogens (primary N) is 1. The molecule has 0 amide bonds. The van der Waals surface area contributed by atoms with Crippen LogP contribution in [0.15, 0.2) is 16.0 Å². The fourth-order valence-corrected chi connectivity index (χ4v) is 1.59. The highest BCUT2D eigenvalue weighted by atomic mass is 32.2. The molecule has 0 aliphatic carbocycles. The van der Waals surface area contributed by atoms with E-state index in [1.54, 1.807) is 0 Å². The molecule has 0 saturated heterocycles. The van der Waals surface area contributed by atoms with Crippen LogP contribution >= 0.6 is 11.8 Å². The van der Waals surface area contributed by atoms with Gasteiger partial charge in [-0.1, -0.05) is 16.9 Å². The zero-order valence-electron chi connectivity index (χ0n) is 8.97. The Bertz CT molecular complexity index is 445. The molecule has 16 heavy (non-hydrogen) atoms. The van der Waals surface area contributed by atoms with Crippen molar-refractivity contribution in [1.29, 1.82) is 0 Å². The Kier molecular flexibility index (Phi) is 2.92. The molecule has 0 unspecified atom stereocenters. The Labute approximate surface area is 96.2 Å². The highest BCUT2D eigenvalue weighted by Gasteiger charge is 2.21. The van der Waals surface area contributed by atoms with E-state index in [-0.39, 0.29) is 0 Å². The minimum absolute atomic E-state index is 0.501. The zero-order valence-corrected chi connectivity index (χ0v) is 9.78. The first kappa shape index (κ1) is 11.1.